The van der Waals surface area contributed by atoms with Crippen molar-refractivity contribution in [3.8, 4) is 0 Å². The van der Waals surface area contributed by atoms with Crippen molar-refractivity contribution >= 4 is 28.4 Å². The molecule has 4 nitrogen and oxygen atoms in total. The lowest BCUT2D eigenvalue weighted by atomic mass is 9.92. The van der Waals surface area contributed by atoms with E-state index in [9.17, 15) is 13.2 Å². The number of anilines is 1. The van der Waals surface area contributed by atoms with Gasteiger partial charge in [-0.1, -0.05) is 20.8 Å². The molecule has 20 heavy (non-hydrogen) atoms. The molecule has 0 atom stereocenters. The second-order valence-corrected chi connectivity index (χ2v) is 6.43. The number of alkyl halides is 3. The summed E-state index contributed by atoms with van der Waals surface area (Å²) in [5.41, 5.74) is 6.39. The molecule has 0 aliphatic carbocycles. The summed E-state index contributed by atoms with van der Waals surface area (Å²) in [7, 11) is 0. The van der Waals surface area contributed by atoms with Gasteiger partial charge in [0.15, 0.2) is 0 Å². The molecule has 0 aliphatic heterocycles. The Hall–Kier alpha value is -0.640. The van der Waals surface area contributed by atoms with Gasteiger partial charge in [-0.15, -0.1) is 0 Å². The van der Waals surface area contributed by atoms with Crippen molar-refractivity contribution in [2.24, 2.45) is 0 Å². The minimum absolute atomic E-state index is 0.0941. The maximum atomic E-state index is 11.9. The summed E-state index contributed by atoms with van der Waals surface area (Å²) in [6.07, 6.45) is -4.12. The van der Waals surface area contributed by atoms with Gasteiger partial charge in [0.1, 0.15) is 18.2 Å². The molecule has 1 aromatic heterocycles. The van der Waals surface area contributed by atoms with E-state index in [2.05, 4.69) is 37.3 Å². The zero-order valence-electron chi connectivity index (χ0n) is 11.5. The van der Waals surface area contributed by atoms with Crippen LogP contribution in [0.5, 0.6) is 0 Å². The molecular weight excluding hydrogens is 386 g/mol. The van der Waals surface area contributed by atoms with Crippen LogP contribution in [0.15, 0.2) is 0 Å². The predicted molar refractivity (Wildman–Crippen MR) is 78.4 cm³/mol. The minimum atomic E-state index is -4.32. The zero-order valence-corrected chi connectivity index (χ0v) is 13.7. The minimum Gasteiger partial charge on any atom is -0.383 e. The quantitative estimate of drug-likeness (QED) is 0.620. The van der Waals surface area contributed by atoms with Crippen LogP contribution in [0.25, 0.3) is 0 Å². The third kappa shape index (κ3) is 5.39. The molecule has 0 fully saturated rings. The number of nitrogens with zero attached hydrogens (tertiary/aromatic N) is 2. The van der Waals surface area contributed by atoms with Gasteiger partial charge in [0.05, 0.1) is 15.9 Å². The number of halogens is 4. The predicted octanol–water partition coefficient (Wildman–Crippen LogP) is 3.08. The number of rotatable bonds is 4. The topological polar surface area (TPSA) is 61.0 Å². The van der Waals surface area contributed by atoms with E-state index in [1.165, 1.54) is 0 Å². The molecule has 0 aliphatic rings. The molecule has 0 amide bonds. The lowest BCUT2D eigenvalue weighted by molar-refractivity contribution is -0.173. The summed E-state index contributed by atoms with van der Waals surface area (Å²) < 4.78 is 41.1. The van der Waals surface area contributed by atoms with E-state index >= 15 is 0 Å². The van der Waals surface area contributed by atoms with Crippen molar-refractivity contribution in [2.75, 3.05) is 18.9 Å². The fraction of sp³-hybridized carbons (Fsp3) is 0.667. The van der Waals surface area contributed by atoms with Crippen molar-refractivity contribution < 1.29 is 17.9 Å². The Balaban J connectivity index is 2.75. The lowest BCUT2D eigenvalue weighted by Crippen LogP contribution is -2.21. The monoisotopic (exact) mass is 403 g/mol. The number of aromatic nitrogens is 2. The van der Waals surface area contributed by atoms with Gasteiger partial charge in [-0.3, -0.25) is 0 Å². The number of ether oxygens (including phenoxy) is 1. The van der Waals surface area contributed by atoms with Crippen LogP contribution in [0, 0.1) is 3.57 Å². The summed E-state index contributed by atoms with van der Waals surface area (Å²) in [5, 5.41) is 0. The largest absolute Gasteiger partial charge is 0.411 e. The van der Waals surface area contributed by atoms with Crippen LogP contribution >= 0.6 is 22.6 Å². The standard InChI is InChI=1S/C12H17F3IN3O/c1-11(2,3)9-8(16)10(17)19-7(18-9)4-5-20-6-12(13,14)15/h4-6H2,1-3H3,(H2,17,18,19). The van der Waals surface area contributed by atoms with Gasteiger partial charge >= 0.3 is 6.18 Å². The Morgan fingerprint density at radius 2 is 1.80 bits per heavy atom. The third-order valence-electron chi connectivity index (χ3n) is 2.37. The molecule has 0 bridgehead atoms. The Kier molecular flexibility index (Phi) is 5.59. The van der Waals surface area contributed by atoms with E-state index in [0.717, 1.165) is 9.26 Å². The normalized spacial score (nSPS) is 12.8. The molecule has 1 heterocycles. The van der Waals surface area contributed by atoms with E-state index in [0.29, 0.717) is 11.6 Å². The first-order valence-corrected chi connectivity index (χ1v) is 7.05. The number of nitrogens with two attached hydrogens (primary N) is 1. The molecule has 1 aromatic rings. The summed E-state index contributed by atoms with van der Waals surface area (Å²) in [4.78, 5) is 8.46. The molecule has 2 N–H and O–H groups in total. The second kappa shape index (κ2) is 6.42. The first-order chi connectivity index (χ1) is 9.00. The van der Waals surface area contributed by atoms with Crippen LogP contribution in [-0.2, 0) is 16.6 Å². The molecule has 114 valence electrons. The van der Waals surface area contributed by atoms with E-state index < -0.39 is 12.8 Å². The Morgan fingerprint density at radius 1 is 1.20 bits per heavy atom. The van der Waals surface area contributed by atoms with Crippen molar-refractivity contribution in [3.05, 3.63) is 15.1 Å². The maximum Gasteiger partial charge on any atom is 0.411 e. The van der Waals surface area contributed by atoms with Crippen LogP contribution in [0.4, 0.5) is 19.0 Å². The molecule has 0 unspecified atom stereocenters. The highest BCUT2D eigenvalue weighted by atomic mass is 127. The van der Waals surface area contributed by atoms with Crippen molar-refractivity contribution in [3.63, 3.8) is 0 Å². The molecule has 0 saturated carbocycles. The van der Waals surface area contributed by atoms with Gasteiger partial charge in [0.2, 0.25) is 0 Å². The van der Waals surface area contributed by atoms with Gasteiger partial charge < -0.3 is 10.5 Å². The molecule has 0 spiro atoms. The van der Waals surface area contributed by atoms with E-state index in [1.807, 2.05) is 20.8 Å². The molecule has 0 radical (unpaired) electrons. The van der Waals surface area contributed by atoms with Crippen LogP contribution in [-0.4, -0.2) is 29.4 Å². The number of nitrogen functional groups attached to an aromatic ring is 1. The number of hydrogen-bond acceptors (Lipinski definition) is 4. The molecule has 8 heteroatoms. The van der Waals surface area contributed by atoms with Crippen LogP contribution in [0.3, 0.4) is 0 Å². The summed E-state index contributed by atoms with van der Waals surface area (Å²) in [6.45, 7) is 4.60. The van der Waals surface area contributed by atoms with Crippen LogP contribution < -0.4 is 5.73 Å². The smallest absolute Gasteiger partial charge is 0.383 e. The number of hydrogen-bond donors (Lipinski definition) is 1. The third-order valence-corrected chi connectivity index (χ3v) is 3.43. The zero-order chi connectivity index (χ0) is 15.6. The van der Waals surface area contributed by atoms with Gasteiger partial charge in [-0.25, -0.2) is 9.97 Å². The highest BCUT2D eigenvalue weighted by molar-refractivity contribution is 14.1. The summed E-state index contributed by atoms with van der Waals surface area (Å²) >= 11 is 2.07. The van der Waals surface area contributed by atoms with Crippen molar-refractivity contribution in [1.29, 1.82) is 0 Å². The van der Waals surface area contributed by atoms with E-state index in [-0.39, 0.29) is 18.4 Å². The SMILES string of the molecule is CC(C)(C)c1nc(CCOCC(F)(F)F)nc(N)c1I. The van der Waals surface area contributed by atoms with Gasteiger partial charge in [-0.2, -0.15) is 13.2 Å². The molecule has 1 rings (SSSR count). The van der Waals surface area contributed by atoms with Crippen LogP contribution in [0.1, 0.15) is 32.3 Å². The summed E-state index contributed by atoms with van der Waals surface area (Å²) in [5.74, 6) is 0.742. The highest BCUT2D eigenvalue weighted by Gasteiger charge is 2.27. The van der Waals surface area contributed by atoms with Crippen molar-refractivity contribution in [1.82, 2.24) is 9.97 Å². The average Bonchev–Trinajstić information content (AvgIpc) is 2.26. The first-order valence-electron chi connectivity index (χ1n) is 5.97. The lowest BCUT2D eigenvalue weighted by Gasteiger charge is -2.21. The molecule has 0 saturated heterocycles. The summed E-state index contributed by atoms with van der Waals surface area (Å²) in [6, 6.07) is 0. The fourth-order valence-electron chi connectivity index (χ4n) is 1.47. The first kappa shape index (κ1) is 17.4. The Labute approximate surface area is 129 Å². The Bertz CT molecular complexity index is 472. The van der Waals surface area contributed by atoms with Gasteiger partial charge in [0.25, 0.3) is 0 Å². The van der Waals surface area contributed by atoms with E-state index in [4.69, 9.17) is 5.73 Å². The van der Waals surface area contributed by atoms with Crippen LogP contribution in [0.2, 0.25) is 0 Å². The fourth-order valence-corrected chi connectivity index (χ4v) is 2.52. The van der Waals surface area contributed by atoms with Gasteiger partial charge in [0, 0.05) is 11.8 Å². The Morgan fingerprint density at radius 3 is 2.30 bits per heavy atom. The second-order valence-electron chi connectivity index (χ2n) is 5.36. The highest BCUT2D eigenvalue weighted by Crippen LogP contribution is 2.28. The van der Waals surface area contributed by atoms with Crippen molar-refractivity contribution in [2.45, 2.75) is 38.8 Å². The van der Waals surface area contributed by atoms with E-state index in [1.54, 1.807) is 0 Å². The average molecular weight is 403 g/mol. The molecule has 0 aromatic carbocycles. The maximum absolute atomic E-state index is 11.9. The molecular formula is C12H17F3IN3O. The van der Waals surface area contributed by atoms with Gasteiger partial charge in [-0.05, 0) is 22.6 Å².